The smallest absolute Gasteiger partial charge is 0.338 e. The Morgan fingerprint density at radius 3 is 1.67 bits per heavy atom. The number of carboxylic acids is 1. The van der Waals surface area contributed by atoms with Gasteiger partial charge in [0.25, 0.3) is 5.91 Å². The van der Waals surface area contributed by atoms with Crippen molar-refractivity contribution in [3.8, 4) is 0 Å². The molecule has 0 radical (unpaired) electrons. The van der Waals surface area contributed by atoms with Gasteiger partial charge in [0, 0.05) is 22.0 Å². The van der Waals surface area contributed by atoms with E-state index in [0.717, 1.165) is 16.3 Å². The molecule has 0 heterocycles. The highest BCUT2D eigenvalue weighted by Crippen LogP contribution is 2.42. The molecule has 0 atom stereocenters. The highest BCUT2D eigenvalue weighted by Gasteiger charge is 2.29. The number of carboxylic acid groups (broad SMARTS) is 1. The molecule has 0 aliphatic rings. The number of thioether (sulfide) groups is 1. The predicted molar refractivity (Wildman–Crippen MR) is 159 cm³/mol. The first-order valence-electron chi connectivity index (χ1n) is 11.3. The number of nitrogens with one attached hydrogen (secondary N) is 1. The van der Waals surface area contributed by atoms with Crippen LogP contribution >= 0.6 is 58.2 Å². The lowest BCUT2D eigenvalue weighted by Crippen LogP contribution is -2.27. The molecule has 11 heteroatoms. The number of rotatable bonds is 8. The first kappa shape index (κ1) is 28.8. The Morgan fingerprint density at radius 2 is 1.18 bits per heavy atom. The molecule has 0 aromatic heterocycles. The van der Waals surface area contributed by atoms with E-state index in [1.54, 1.807) is 29.2 Å². The van der Waals surface area contributed by atoms with E-state index in [0.29, 0.717) is 5.69 Å². The Kier molecular flexibility index (Phi) is 9.43. The number of hydrogen-bond acceptors (Lipinski definition) is 4. The summed E-state index contributed by atoms with van der Waals surface area (Å²) < 4.78 is 0. The van der Waals surface area contributed by atoms with Crippen LogP contribution in [0.3, 0.4) is 0 Å². The lowest BCUT2D eigenvalue weighted by Gasteiger charge is -2.23. The first-order chi connectivity index (χ1) is 18.7. The van der Waals surface area contributed by atoms with E-state index in [9.17, 15) is 19.5 Å². The lowest BCUT2D eigenvalue weighted by molar-refractivity contribution is -0.115. The summed E-state index contributed by atoms with van der Waals surface area (Å²) in [6.45, 7) is 0. The monoisotopic (exact) mass is 618 g/mol. The SMILES string of the molecule is O=C(O)c1c(Cl)c(Cl)c(Cl)c(Cl)c1C(=O)Nc1ccc(SCC(=O)N(c2ccccc2)c2ccccc2)cc1. The van der Waals surface area contributed by atoms with Gasteiger partial charge in [-0.25, -0.2) is 4.79 Å². The molecule has 0 fully saturated rings. The van der Waals surface area contributed by atoms with Crippen molar-refractivity contribution in [1.82, 2.24) is 0 Å². The number of para-hydroxylation sites is 2. The second kappa shape index (κ2) is 12.8. The molecule has 0 aliphatic carbocycles. The van der Waals surface area contributed by atoms with Crippen molar-refractivity contribution in [2.45, 2.75) is 4.90 Å². The normalized spacial score (nSPS) is 10.7. The minimum absolute atomic E-state index is 0.109. The second-order valence-corrected chi connectivity index (χ2v) is 10.5. The summed E-state index contributed by atoms with van der Waals surface area (Å²) in [6.07, 6.45) is 0. The van der Waals surface area contributed by atoms with Gasteiger partial charge in [0.1, 0.15) is 0 Å². The molecule has 0 saturated carbocycles. The molecule has 4 aromatic carbocycles. The number of halogens is 4. The van der Waals surface area contributed by atoms with E-state index >= 15 is 0 Å². The van der Waals surface area contributed by atoms with Crippen LogP contribution in [0, 0.1) is 0 Å². The number of anilines is 3. The van der Waals surface area contributed by atoms with Crippen molar-refractivity contribution in [1.29, 1.82) is 0 Å². The van der Waals surface area contributed by atoms with Crippen LogP contribution in [0.1, 0.15) is 20.7 Å². The minimum atomic E-state index is -1.48. The zero-order valence-corrected chi connectivity index (χ0v) is 23.7. The molecular formula is C28H18Cl4N2O4S. The molecule has 4 rings (SSSR count). The average molecular weight is 620 g/mol. The summed E-state index contributed by atoms with van der Waals surface area (Å²) in [4.78, 5) is 40.4. The third-order valence-electron chi connectivity index (χ3n) is 5.46. The molecule has 198 valence electrons. The highest BCUT2D eigenvalue weighted by atomic mass is 35.5. The lowest BCUT2D eigenvalue weighted by atomic mass is 10.1. The van der Waals surface area contributed by atoms with Crippen molar-refractivity contribution >= 4 is 93.0 Å². The molecular weight excluding hydrogens is 602 g/mol. The summed E-state index contributed by atoms with van der Waals surface area (Å²) in [5.74, 6) is -2.26. The van der Waals surface area contributed by atoms with E-state index in [-0.39, 0.29) is 31.8 Å². The predicted octanol–water partition coefficient (Wildman–Crippen LogP) is 8.71. The van der Waals surface area contributed by atoms with Crippen LogP contribution in [-0.2, 0) is 4.79 Å². The van der Waals surface area contributed by atoms with Crippen molar-refractivity contribution < 1.29 is 19.5 Å². The van der Waals surface area contributed by atoms with Crippen LogP contribution in [0.2, 0.25) is 20.1 Å². The first-order valence-corrected chi connectivity index (χ1v) is 13.7. The number of carbonyl (C=O) groups excluding carboxylic acids is 2. The highest BCUT2D eigenvalue weighted by molar-refractivity contribution is 8.00. The zero-order chi connectivity index (χ0) is 28.1. The third kappa shape index (κ3) is 6.52. The summed E-state index contributed by atoms with van der Waals surface area (Å²) in [5, 5.41) is 11.0. The quantitative estimate of drug-likeness (QED) is 0.117. The van der Waals surface area contributed by atoms with Crippen LogP contribution in [0.15, 0.2) is 89.8 Å². The molecule has 4 aromatic rings. The van der Waals surface area contributed by atoms with Gasteiger partial charge in [0.2, 0.25) is 5.91 Å². The Morgan fingerprint density at radius 1 is 0.692 bits per heavy atom. The van der Waals surface area contributed by atoms with Crippen molar-refractivity contribution in [2.24, 2.45) is 0 Å². The Balaban J connectivity index is 1.48. The number of nitrogens with zero attached hydrogens (tertiary/aromatic N) is 1. The van der Waals surface area contributed by atoms with Gasteiger partial charge in [-0.1, -0.05) is 82.8 Å². The third-order valence-corrected chi connectivity index (χ3v) is 8.26. The van der Waals surface area contributed by atoms with Crippen LogP contribution in [0.25, 0.3) is 0 Å². The number of amides is 2. The molecule has 6 nitrogen and oxygen atoms in total. The van der Waals surface area contributed by atoms with Gasteiger partial charge in [0.05, 0.1) is 37.0 Å². The van der Waals surface area contributed by atoms with Crippen molar-refractivity contribution in [3.05, 3.63) is 116 Å². The summed E-state index contributed by atoms with van der Waals surface area (Å²) in [7, 11) is 0. The summed E-state index contributed by atoms with van der Waals surface area (Å²) in [6, 6.07) is 25.4. The van der Waals surface area contributed by atoms with Gasteiger partial charge in [-0.15, -0.1) is 11.8 Å². The van der Waals surface area contributed by atoms with Gasteiger partial charge < -0.3 is 10.4 Å². The number of benzene rings is 4. The van der Waals surface area contributed by atoms with Crippen LogP contribution < -0.4 is 10.2 Å². The van der Waals surface area contributed by atoms with Crippen LogP contribution in [0.4, 0.5) is 17.1 Å². The maximum absolute atomic E-state index is 13.2. The van der Waals surface area contributed by atoms with E-state index in [2.05, 4.69) is 5.32 Å². The maximum Gasteiger partial charge on any atom is 0.338 e. The molecule has 2 amide bonds. The number of aromatic carboxylic acids is 1. The van der Waals surface area contributed by atoms with Crippen LogP contribution in [0.5, 0.6) is 0 Å². The largest absolute Gasteiger partial charge is 0.478 e. The molecule has 39 heavy (non-hydrogen) atoms. The van der Waals surface area contributed by atoms with Gasteiger partial charge >= 0.3 is 5.97 Å². The molecule has 0 saturated heterocycles. The summed E-state index contributed by atoms with van der Waals surface area (Å²) >= 11 is 25.5. The van der Waals surface area contributed by atoms with E-state index in [1.807, 2.05) is 60.7 Å². The van der Waals surface area contributed by atoms with Crippen molar-refractivity contribution in [3.63, 3.8) is 0 Å². The molecule has 0 spiro atoms. The summed E-state index contributed by atoms with van der Waals surface area (Å²) in [5.41, 5.74) is 0.916. The maximum atomic E-state index is 13.2. The Bertz CT molecular complexity index is 1500. The molecule has 0 unspecified atom stereocenters. The fourth-order valence-corrected chi connectivity index (χ4v) is 5.44. The van der Waals surface area contributed by atoms with E-state index < -0.39 is 23.0 Å². The molecule has 2 N–H and O–H groups in total. The van der Waals surface area contributed by atoms with Crippen LogP contribution in [-0.4, -0.2) is 28.6 Å². The zero-order valence-electron chi connectivity index (χ0n) is 19.8. The number of hydrogen-bond donors (Lipinski definition) is 2. The van der Waals surface area contributed by atoms with E-state index in [1.165, 1.54) is 11.8 Å². The van der Waals surface area contributed by atoms with Crippen molar-refractivity contribution in [2.75, 3.05) is 16.0 Å². The minimum Gasteiger partial charge on any atom is -0.478 e. The van der Waals surface area contributed by atoms with Gasteiger partial charge in [-0.05, 0) is 48.5 Å². The molecule has 0 aliphatic heterocycles. The second-order valence-electron chi connectivity index (χ2n) is 7.98. The van der Waals surface area contributed by atoms with E-state index in [4.69, 9.17) is 46.4 Å². The van der Waals surface area contributed by atoms with Gasteiger partial charge in [0.15, 0.2) is 0 Å². The number of carbonyl (C=O) groups is 3. The fourth-order valence-electron chi connectivity index (χ4n) is 3.67. The molecule has 0 bridgehead atoms. The van der Waals surface area contributed by atoms with Gasteiger partial charge in [-0.3, -0.25) is 14.5 Å². The Hall–Kier alpha value is -3.20. The standard InChI is InChI=1S/C28H18Cl4N2O4S/c29-23-21(22(28(37)38)24(30)26(32)25(23)31)27(36)33-16-11-13-19(14-12-16)39-15-20(35)34(17-7-3-1-4-8-17)18-9-5-2-6-10-18/h1-14H,15H2,(H,33,36)(H,37,38). The van der Waals surface area contributed by atoms with Gasteiger partial charge in [-0.2, -0.15) is 0 Å². The topological polar surface area (TPSA) is 86.7 Å². The average Bonchev–Trinajstić information content (AvgIpc) is 2.94. The Labute approximate surface area is 248 Å². The fraction of sp³-hybridized carbons (Fsp3) is 0.0357.